The summed E-state index contributed by atoms with van der Waals surface area (Å²) >= 11 is 0. The van der Waals surface area contributed by atoms with E-state index in [-0.39, 0.29) is 5.69 Å². The molecule has 1 amide bonds. The van der Waals surface area contributed by atoms with Gasteiger partial charge in [-0.2, -0.15) is 0 Å². The van der Waals surface area contributed by atoms with Gasteiger partial charge in [0.1, 0.15) is 0 Å². The Labute approximate surface area is 114 Å². The van der Waals surface area contributed by atoms with E-state index in [0.717, 1.165) is 0 Å². The third kappa shape index (κ3) is 4.23. The Kier molecular flexibility index (Phi) is 5.09. The fourth-order valence-electron chi connectivity index (χ4n) is 1.50. The summed E-state index contributed by atoms with van der Waals surface area (Å²) in [5.41, 5.74) is 5.08. The van der Waals surface area contributed by atoms with E-state index in [2.05, 4.69) is 5.32 Å². The normalized spacial score (nSPS) is 12.8. The Morgan fingerprint density at radius 1 is 1.55 bits per heavy atom. The zero-order valence-electron chi connectivity index (χ0n) is 10.8. The number of carbonyl (C=O) groups is 1. The molecule has 1 rings (SSSR count). The minimum Gasteiger partial charge on any atom is -0.349 e. The van der Waals surface area contributed by atoms with Crippen molar-refractivity contribution in [1.82, 2.24) is 5.32 Å². The summed E-state index contributed by atoms with van der Waals surface area (Å²) in [5.74, 6) is -4.58. The smallest absolute Gasteiger partial charge is 0.277 e. The molecule has 0 aromatic heterocycles. The van der Waals surface area contributed by atoms with E-state index in [9.17, 15) is 23.7 Å². The van der Waals surface area contributed by atoms with Crippen molar-refractivity contribution in [3.05, 3.63) is 39.9 Å². The van der Waals surface area contributed by atoms with Crippen molar-refractivity contribution in [2.24, 2.45) is 5.73 Å². The lowest BCUT2D eigenvalue weighted by molar-refractivity contribution is -0.384. The van der Waals surface area contributed by atoms with Crippen LogP contribution in [0.15, 0.2) is 24.3 Å². The standard InChI is InChI=1S/C12H15F2N3O3/c1-8(11(18)16-7-12(13,14)6-15)9-3-2-4-10(5-9)17(19)20/h2-5,8H,6-7,15H2,1H3,(H,16,18). The van der Waals surface area contributed by atoms with E-state index in [1.165, 1.54) is 31.2 Å². The maximum absolute atomic E-state index is 12.9. The van der Waals surface area contributed by atoms with Crippen LogP contribution >= 0.6 is 0 Å². The summed E-state index contributed by atoms with van der Waals surface area (Å²) in [7, 11) is 0. The zero-order chi connectivity index (χ0) is 15.3. The van der Waals surface area contributed by atoms with Crippen LogP contribution in [0.2, 0.25) is 0 Å². The molecule has 1 aromatic rings. The van der Waals surface area contributed by atoms with Crippen LogP contribution in [0, 0.1) is 10.1 Å². The minimum absolute atomic E-state index is 0.158. The Morgan fingerprint density at radius 3 is 2.75 bits per heavy atom. The van der Waals surface area contributed by atoms with Gasteiger partial charge in [-0.1, -0.05) is 12.1 Å². The fourth-order valence-corrected chi connectivity index (χ4v) is 1.50. The summed E-state index contributed by atoms with van der Waals surface area (Å²) < 4.78 is 25.8. The predicted octanol–water partition coefficient (Wildman–Crippen LogP) is 1.41. The second-order valence-electron chi connectivity index (χ2n) is 4.35. The number of nitro benzene ring substituents is 1. The van der Waals surface area contributed by atoms with Crippen molar-refractivity contribution in [2.45, 2.75) is 18.8 Å². The van der Waals surface area contributed by atoms with Gasteiger partial charge in [-0.05, 0) is 12.5 Å². The molecular weight excluding hydrogens is 272 g/mol. The summed E-state index contributed by atoms with van der Waals surface area (Å²) in [4.78, 5) is 21.8. The molecule has 0 fully saturated rings. The number of amides is 1. The van der Waals surface area contributed by atoms with Crippen LogP contribution in [0.4, 0.5) is 14.5 Å². The molecular formula is C12H15F2N3O3. The number of non-ortho nitro benzene ring substituents is 1. The maximum Gasteiger partial charge on any atom is 0.277 e. The van der Waals surface area contributed by atoms with E-state index in [1.54, 1.807) is 0 Å². The Hall–Kier alpha value is -2.09. The van der Waals surface area contributed by atoms with Gasteiger partial charge in [-0.15, -0.1) is 0 Å². The van der Waals surface area contributed by atoms with Crippen LogP contribution < -0.4 is 11.1 Å². The topological polar surface area (TPSA) is 98.3 Å². The predicted molar refractivity (Wildman–Crippen MR) is 68.5 cm³/mol. The molecule has 0 aliphatic heterocycles. The molecule has 0 aliphatic carbocycles. The molecule has 0 spiro atoms. The number of hydrogen-bond donors (Lipinski definition) is 2. The van der Waals surface area contributed by atoms with Gasteiger partial charge < -0.3 is 11.1 Å². The van der Waals surface area contributed by atoms with Gasteiger partial charge in [0, 0.05) is 12.1 Å². The first-order valence-corrected chi connectivity index (χ1v) is 5.87. The summed E-state index contributed by atoms with van der Waals surface area (Å²) in [5, 5.41) is 12.7. The molecule has 3 N–H and O–H groups in total. The summed E-state index contributed by atoms with van der Waals surface area (Å²) in [6, 6.07) is 5.49. The molecule has 0 saturated heterocycles. The molecule has 0 heterocycles. The first-order valence-electron chi connectivity index (χ1n) is 5.87. The number of nitrogens with one attached hydrogen (secondary N) is 1. The quantitative estimate of drug-likeness (QED) is 0.610. The van der Waals surface area contributed by atoms with Gasteiger partial charge in [-0.25, -0.2) is 8.78 Å². The van der Waals surface area contributed by atoms with Crippen molar-refractivity contribution in [3.8, 4) is 0 Å². The van der Waals surface area contributed by atoms with Crippen LogP contribution in [-0.2, 0) is 4.79 Å². The number of carbonyl (C=O) groups excluding carboxylic acids is 1. The number of nitrogens with two attached hydrogens (primary N) is 1. The minimum atomic E-state index is -3.17. The molecule has 0 saturated carbocycles. The maximum atomic E-state index is 12.9. The van der Waals surface area contributed by atoms with Gasteiger partial charge in [0.15, 0.2) is 0 Å². The zero-order valence-corrected chi connectivity index (χ0v) is 10.8. The average Bonchev–Trinajstić information content (AvgIpc) is 2.44. The molecule has 0 bridgehead atoms. The Balaban J connectivity index is 2.74. The van der Waals surface area contributed by atoms with Crippen molar-refractivity contribution < 1.29 is 18.5 Å². The van der Waals surface area contributed by atoms with Crippen molar-refractivity contribution in [2.75, 3.05) is 13.1 Å². The molecule has 0 radical (unpaired) electrons. The molecule has 8 heteroatoms. The summed E-state index contributed by atoms with van der Waals surface area (Å²) in [6.45, 7) is -0.241. The van der Waals surface area contributed by atoms with Gasteiger partial charge in [0.25, 0.3) is 11.6 Å². The third-order valence-corrected chi connectivity index (χ3v) is 2.79. The molecule has 6 nitrogen and oxygen atoms in total. The molecule has 1 atom stereocenters. The van der Waals surface area contributed by atoms with Crippen LogP contribution in [-0.4, -0.2) is 29.8 Å². The number of alkyl halides is 2. The van der Waals surface area contributed by atoms with Crippen molar-refractivity contribution in [1.29, 1.82) is 0 Å². The van der Waals surface area contributed by atoms with Gasteiger partial charge >= 0.3 is 0 Å². The highest BCUT2D eigenvalue weighted by Crippen LogP contribution is 2.21. The van der Waals surface area contributed by atoms with Crippen LogP contribution in [0.1, 0.15) is 18.4 Å². The van der Waals surface area contributed by atoms with Crippen LogP contribution in [0.25, 0.3) is 0 Å². The number of rotatable bonds is 6. The van der Waals surface area contributed by atoms with E-state index in [1.807, 2.05) is 0 Å². The van der Waals surface area contributed by atoms with Crippen molar-refractivity contribution >= 4 is 11.6 Å². The highest BCUT2D eigenvalue weighted by atomic mass is 19.3. The second-order valence-corrected chi connectivity index (χ2v) is 4.35. The largest absolute Gasteiger partial charge is 0.349 e. The number of halogens is 2. The highest BCUT2D eigenvalue weighted by Gasteiger charge is 2.28. The first kappa shape index (κ1) is 16.0. The number of benzene rings is 1. The molecule has 1 aromatic carbocycles. The van der Waals surface area contributed by atoms with Gasteiger partial charge in [-0.3, -0.25) is 14.9 Å². The number of nitro groups is 1. The molecule has 1 unspecified atom stereocenters. The number of hydrogen-bond acceptors (Lipinski definition) is 4. The van der Waals surface area contributed by atoms with E-state index in [4.69, 9.17) is 5.73 Å². The lowest BCUT2D eigenvalue weighted by atomic mass is 10.00. The Morgan fingerprint density at radius 2 is 2.20 bits per heavy atom. The van der Waals surface area contributed by atoms with Crippen LogP contribution in [0.5, 0.6) is 0 Å². The fraction of sp³-hybridized carbons (Fsp3) is 0.417. The third-order valence-electron chi connectivity index (χ3n) is 2.79. The van der Waals surface area contributed by atoms with Gasteiger partial charge in [0.2, 0.25) is 5.91 Å². The van der Waals surface area contributed by atoms with E-state index in [0.29, 0.717) is 5.56 Å². The van der Waals surface area contributed by atoms with Gasteiger partial charge in [0.05, 0.1) is 23.9 Å². The van der Waals surface area contributed by atoms with E-state index >= 15 is 0 Å². The SMILES string of the molecule is CC(C(=O)NCC(F)(F)CN)c1cccc([N+](=O)[O-])c1. The first-order chi connectivity index (χ1) is 9.26. The molecule has 20 heavy (non-hydrogen) atoms. The lowest BCUT2D eigenvalue weighted by Gasteiger charge is -2.17. The van der Waals surface area contributed by atoms with Crippen LogP contribution in [0.3, 0.4) is 0 Å². The highest BCUT2D eigenvalue weighted by molar-refractivity contribution is 5.83. The number of nitrogens with zero attached hydrogens (tertiary/aromatic N) is 1. The Bertz CT molecular complexity index is 508. The average molecular weight is 287 g/mol. The summed E-state index contributed by atoms with van der Waals surface area (Å²) in [6.07, 6.45) is 0. The monoisotopic (exact) mass is 287 g/mol. The van der Waals surface area contributed by atoms with E-state index < -0.39 is 35.8 Å². The molecule has 0 aliphatic rings. The van der Waals surface area contributed by atoms with Crippen molar-refractivity contribution in [3.63, 3.8) is 0 Å². The second kappa shape index (κ2) is 6.38. The lowest BCUT2D eigenvalue weighted by Crippen LogP contribution is -2.42. The molecule has 110 valence electrons.